The summed E-state index contributed by atoms with van der Waals surface area (Å²) in [5, 5.41) is 7.67. The number of rotatable bonds is 3. The highest BCUT2D eigenvalue weighted by Crippen LogP contribution is 2.64. The maximum atomic E-state index is 6.04. The van der Waals surface area contributed by atoms with E-state index in [2.05, 4.69) is 42.4 Å². The SMILES string of the molecule is Cc1csc(-c2c(N)nsc2NC2C(C)(C)C2(C)C)n1. The van der Waals surface area contributed by atoms with Crippen LogP contribution in [-0.4, -0.2) is 15.4 Å². The number of nitrogens with one attached hydrogen (secondary N) is 1. The van der Waals surface area contributed by atoms with E-state index in [1.165, 1.54) is 11.5 Å². The van der Waals surface area contributed by atoms with Crippen LogP contribution in [0.3, 0.4) is 0 Å². The Morgan fingerprint density at radius 1 is 1.25 bits per heavy atom. The molecule has 0 atom stereocenters. The molecule has 2 aromatic rings. The summed E-state index contributed by atoms with van der Waals surface area (Å²) in [5.74, 6) is 0.572. The highest BCUT2D eigenvalue weighted by atomic mass is 32.1. The molecular formula is C14H20N4S2. The van der Waals surface area contributed by atoms with Crippen LogP contribution in [0.15, 0.2) is 5.38 Å². The van der Waals surface area contributed by atoms with Gasteiger partial charge in [0.2, 0.25) is 0 Å². The smallest absolute Gasteiger partial charge is 0.149 e. The van der Waals surface area contributed by atoms with Gasteiger partial charge < -0.3 is 11.1 Å². The first-order valence-electron chi connectivity index (χ1n) is 6.69. The first-order chi connectivity index (χ1) is 9.25. The normalized spacial score (nSPS) is 20.1. The third kappa shape index (κ3) is 1.85. The van der Waals surface area contributed by atoms with Crippen molar-refractivity contribution in [2.45, 2.75) is 40.7 Å². The largest absolute Gasteiger partial charge is 0.382 e. The van der Waals surface area contributed by atoms with Crippen LogP contribution in [0.4, 0.5) is 10.8 Å². The van der Waals surface area contributed by atoms with Gasteiger partial charge in [-0.25, -0.2) is 4.98 Å². The van der Waals surface area contributed by atoms with Gasteiger partial charge in [0.25, 0.3) is 0 Å². The van der Waals surface area contributed by atoms with Crippen molar-refractivity contribution in [2.75, 3.05) is 11.1 Å². The summed E-state index contributed by atoms with van der Waals surface area (Å²) < 4.78 is 4.30. The van der Waals surface area contributed by atoms with Gasteiger partial charge in [-0.15, -0.1) is 11.3 Å². The van der Waals surface area contributed by atoms with Crippen LogP contribution in [0.5, 0.6) is 0 Å². The molecule has 108 valence electrons. The number of anilines is 2. The molecule has 4 nitrogen and oxygen atoms in total. The third-order valence-corrected chi connectivity index (χ3v) is 6.62. The fourth-order valence-electron chi connectivity index (χ4n) is 2.76. The number of aromatic nitrogens is 2. The lowest BCUT2D eigenvalue weighted by atomic mass is 10.0. The molecule has 0 radical (unpaired) electrons. The highest BCUT2D eigenvalue weighted by molar-refractivity contribution is 7.15. The lowest BCUT2D eigenvalue weighted by Gasteiger charge is -2.07. The lowest BCUT2D eigenvalue weighted by Crippen LogP contribution is -2.09. The molecule has 0 saturated heterocycles. The van der Waals surface area contributed by atoms with Gasteiger partial charge in [0.15, 0.2) is 0 Å². The molecule has 2 heterocycles. The molecule has 1 saturated carbocycles. The number of nitrogen functional groups attached to an aromatic ring is 1. The van der Waals surface area contributed by atoms with Crippen LogP contribution in [0.2, 0.25) is 0 Å². The van der Waals surface area contributed by atoms with E-state index in [0.717, 1.165) is 21.3 Å². The lowest BCUT2D eigenvalue weighted by molar-refractivity contribution is 0.457. The number of aryl methyl sites for hydroxylation is 1. The van der Waals surface area contributed by atoms with E-state index in [9.17, 15) is 0 Å². The molecule has 0 aromatic carbocycles. The molecule has 0 aliphatic heterocycles. The molecule has 0 spiro atoms. The molecule has 3 rings (SSSR count). The van der Waals surface area contributed by atoms with Gasteiger partial charge in [-0.1, -0.05) is 27.7 Å². The van der Waals surface area contributed by atoms with Crippen LogP contribution in [0.25, 0.3) is 10.6 Å². The molecule has 0 bridgehead atoms. The second kappa shape index (κ2) is 4.18. The van der Waals surface area contributed by atoms with Crippen molar-refractivity contribution >= 4 is 33.7 Å². The first kappa shape index (κ1) is 13.8. The van der Waals surface area contributed by atoms with E-state index in [0.29, 0.717) is 11.9 Å². The van der Waals surface area contributed by atoms with Gasteiger partial charge >= 0.3 is 0 Å². The van der Waals surface area contributed by atoms with Crippen LogP contribution in [0, 0.1) is 17.8 Å². The van der Waals surface area contributed by atoms with E-state index in [4.69, 9.17) is 5.73 Å². The van der Waals surface area contributed by atoms with Crippen LogP contribution < -0.4 is 11.1 Å². The van der Waals surface area contributed by atoms with Crippen molar-refractivity contribution in [1.82, 2.24) is 9.36 Å². The van der Waals surface area contributed by atoms with Gasteiger partial charge in [-0.3, -0.25) is 0 Å². The zero-order chi connectivity index (χ0) is 14.7. The Hall–Kier alpha value is -1.14. The van der Waals surface area contributed by atoms with E-state index < -0.39 is 0 Å². The van der Waals surface area contributed by atoms with Crippen molar-refractivity contribution in [2.24, 2.45) is 10.8 Å². The minimum atomic E-state index is 0.280. The summed E-state index contributed by atoms with van der Waals surface area (Å²) in [6, 6.07) is 0.439. The second-order valence-electron chi connectivity index (χ2n) is 6.59. The molecule has 1 fully saturated rings. The minimum absolute atomic E-state index is 0.280. The fourth-order valence-corrected chi connectivity index (χ4v) is 4.43. The number of nitrogens with two attached hydrogens (primary N) is 1. The van der Waals surface area contributed by atoms with E-state index in [1.54, 1.807) is 11.3 Å². The summed E-state index contributed by atoms with van der Waals surface area (Å²) >= 11 is 3.05. The Kier molecular flexibility index (Phi) is 2.89. The molecular weight excluding hydrogens is 288 g/mol. The fraction of sp³-hybridized carbons (Fsp3) is 0.571. The Bertz CT molecular complexity index is 640. The standard InChI is InChI=1S/C14H20N4S2/c1-7-6-19-10(16-7)8-9(15)18-20-11(8)17-12-13(2,3)14(12,4)5/h6,12,17H,1-5H3,(H2,15,18). The van der Waals surface area contributed by atoms with E-state index >= 15 is 0 Å². The van der Waals surface area contributed by atoms with Crippen molar-refractivity contribution in [1.29, 1.82) is 0 Å². The molecule has 3 N–H and O–H groups in total. The van der Waals surface area contributed by atoms with Gasteiger partial charge in [0.05, 0.1) is 5.56 Å². The number of hydrogen-bond donors (Lipinski definition) is 2. The Morgan fingerprint density at radius 3 is 2.40 bits per heavy atom. The minimum Gasteiger partial charge on any atom is -0.382 e. The van der Waals surface area contributed by atoms with Crippen molar-refractivity contribution in [3.05, 3.63) is 11.1 Å². The maximum absolute atomic E-state index is 6.04. The first-order valence-corrected chi connectivity index (χ1v) is 8.34. The summed E-state index contributed by atoms with van der Waals surface area (Å²) in [6.07, 6.45) is 0. The average molecular weight is 308 g/mol. The zero-order valence-corrected chi connectivity index (χ0v) is 14.1. The summed E-state index contributed by atoms with van der Waals surface area (Å²) in [7, 11) is 0. The summed E-state index contributed by atoms with van der Waals surface area (Å²) in [6.45, 7) is 11.2. The zero-order valence-electron chi connectivity index (χ0n) is 12.4. The number of thiazole rings is 1. The third-order valence-electron chi connectivity index (χ3n) is 4.85. The average Bonchev–Trinajstić information content (AvgIpc) is 2.78. The monoisotopic (exact) mass is 308 g/mol. The van der Waals surface area contributed by atoms with Gasteiger partial charge in [0, 0.05) is 17.1 Å². The molecule has 1 aliphatic rings. The Morgan fingerprint density at radius 2 is 1.90 bits per heavy atom. The van der Waals surface area contributed by atoms with Crippen molar-refractivity contribution in [3.63, 3.8) is 0 Å². The molecule has 1 aliphatic carbocycles. The molecule has 0 unspecified atom stereocenters. The van der Waals surface area contributed by atoms with Crippen molar-refractivity contribution in [3.8, 4) is 10.6 Å². The number of hydrogen-bond acceptors (Lipinski definition) is 6. The van der Waals surface area contributed by atoms with Gasteiger partial charge in [0.1, 0.15) is 15.8 Å². The predicted molar refractivity (Wildman–Crippen MR) is 87.3 cm³/mol. The van der Waals surface area contributed by atoms with Gasteiger partial charge in [-0.05, 0) is 29.3 Å². The highest BCUT2D eigenvalue weighted by Gasteiger charge is 2.65. The molecule has 2 aromatic heterocycles. The quantitative estimate of drug-likeness (QED) is 0.899. The second-order valence-corrected chi connectivity index (χ2v) is 8.22. The topological polar surface area (TPSA) is 63.8 Å². The van der Waals surface area contributed by atoms with Crippen LogP contribution >= 0.6 is 22.9 Å². The molecule has 0 amide bonds. The summed E-state index contributed by atoms with van der Waals surface area (Å²) in [4.78, 5) is 4.54. The Balaban J connectivity index is 1.93. The molecule has 20 heavy (non-hydrogen) atoms. The van der Waals surface area contributed by atoms with E-state index in [1.807, 2.05) is 12.3 Å². The van der Waals surface area contributed by atoms with Crippen LogP contribution in [-0.2, 0) is 0 Å². The molecule has 6 heteroatoms. The number of nitrogens with zero attached hydrogens (tertiary/aromatic N) is 2. The van der Waals surface area contributed by atoms with Gasteiger partial charge in [-0.2, -0.15) is 4.37 Å². The predicted octanol–water partition coefficient (Wildman–Crippen LogP) is 4.00. The Labute approximate surface area is 127 Å². The maximum Gasteiger partial charge on any atom is 0.149 e. The van der Waals surface area contributed by atoms with Crippen LogP contribution in [0.1, 0.15) is 33.4 Å². The summed E-state index contributed by atoms with van der Waals surface area (Å²) in [5.41, 5.74) is 8.59. The van der Waals surface area contributed by atoms with Crippen molar-refractivity contribution < 1.29 is 0 Å². The van der Waals surface area contributed by atoms with E-state index in [-0.39, 0.29) is 10.8 Å².